The molecular weight excluding hydrogens is 446 g/mol. The number of fused-ring (bicyclic) bond motifs is 3. The molecule has 0 radical (unpaired) electrons. The number of carbonyl (C=O) groups excluding carboxylic acids is 2. The molecule has 2 amide bonds. The minimum absolute atomic E-state index is 0.0415. The molecule has 180 valence electrons. The summed E-state index contributed by atoms with van der Waals surface area (Å²) in [7, 11) is 0. The number of hydrogen-bond acceptors (Lipinski definition) is 5. The first-order valence-corrected chi connectivity index (χ1v) is 11.6. The zero-order valence-electron chi connectivity index (χ0n) is 19.4. The van der Waals surface area contributed by atoms with Gasteiger partial charge in [0.2, 0.25) is 0 Å². The fraction of sp³-hybridized carbons (Fsp3) is 0.259. The van der Waals surface area contributed by atoms with Crippen molar-refractivity contribution in [2.24, 2.45) is 0 Å². The normalized spacial score (nSPS) is 11.9. The molecule has 0 saturated heterocycles. The maximum atomic E-state index is 13.1. The maximum absolute atomic E-state index is 13.1. The molecule has 8 nitrogen and oxygen atoms in total. The van der Waals surface area contributed by atoms with Crippen molar-refractivity contribution in [1.82, 2.24) is 9.88 Å². The number of carbonyl (C=O) groups is 3. The van der Waals surface area contributed by atoms with Gasteiger partial charge < -0.3 is 14.7 Å². The van der Waals surface area contributed by atoms with Gasteiger partial charge >= 0.3 is 12.1 Å². The lowest BCUT2D eigenvalue weighted by Crippen LogP contribution is -2.35. The Kier molecular flexibility index (Phi) is 7.40. The number of carboxylic acid groups (broad SMARTS) is 1. The molecule has 2 N–H and O–H groups in total. The first kappa shape index (κ1) is 23.9. The molecule has 0 aliphatic heterocycles. The Hall–Kier alpha value is -4.20. The molecule has 0 bridgehead atoms. The van der Waals surface area contributed by atoms with Crippen molar-refractivity contribution in [2.75, 3.05) is 25.0 Å². The number of nitrogens with one attached hydrogen (secondary N) is 1. The van der Waals surface area contributed by atoms with Crippen LogP contribution in [0.15, 0.2) is 66.9 Å². The molecule has 2 aromatic carbocycles. The third kappa shape index (κ3) is 5.32. The maximum Gasteiger partial charge on any atom is 0.411 e. The van der Waals surface area contributed by atoms with E-state index < -0.39 is 18.0 Å². The van der Waals surface area contributed by atoms with E-state index in [2.05, 4.69) is 22.4 Å². The number of aliphatic carboxylic acids is 1. The van der Waals surface area contributed by atoms with Gasteiger partial charge in [-0.25, -0.2) is 9.78 Å². The van der Waals surface area contributed by atoms with Crippen molar-refractivity contribution in [1.29, 1.82) is 0 Å². The van der Waals surface area contributed by atoms with Crippen LogP contribution in [-0.2, 0) is 9.53 Å². The highest BCUT2D eigenvalue weighted by molar-refractivity contribution is 6.01. The fourth-order valence-corrected chi connectivity index (χ4v) is 4.39. The molecule has 0 atom stereocenters. The third-order valence-corrected chi connectivity index (χ3v) is 5.97. The number of carboxylic acids is 1. The number of pyridine rings is 1. The first-order valence-electron chi connectivity index (χ1n) is 11.6. The highest BCUT2D eigenvalue weighted by Crippen LogP contribution is 2.44. The molecule has 1 aliphatic carbocycles. The van der Waals surface area contributed by atoms with Crippen molar-refractivity contribution in [3.8, 4) is 11.1 Å². The van der Waals surface area contributed by atoms with E-state index in [0.717, 1.165) is 22.3 Å². The molecule has 1 aliphatic rings. The van der Waals surface area contributed by atoms with Gasteiger partial charge in [-0.1, -0.05) is 55.5 Å². The lowest BCUT2D eigenvalue weighted by molar-refractivity contribution is -0.137. The van der Waals surface area contributed by atoms with E-state index in [9.17, 15) is 14.4 Å². The molecule has 0 unspecified atom stereocenters. The third-order valence-electron chi connectivity index (χ3n) is 5.97. The van der Waals surface area contributed by atoms with Gasteiger partial charge in [0, 0.05) is 25.2 Å². The molecule has 1 heterocycles. The minimum atomic E-state index is -0.989. The Morgan fingerprint density at radius 2 is 1.63 bits per heavy atom. The Balaban J connectivity index is 1.46. The van der Waals surface area contributed by atoms with Crippen molar-refractivity contribution in [3.63, 3.8) is 0 Å². The zero-order chi connectivity index (χ0) is 24.8. The topological polar surface area (TPSA) is 109 Å². The summed E-state index contributed by atoms with van der Waals surface area (Å²) >= 11 is 0. The summed E-state index contributed by atoms with van der Waals surface area (Å²) in [4.78, 5) is 42.4. The summed E-state index contributed by atoms with van der Waals surface area (Å²) in [6.45, 7) is 2.48. The summed E-state index contributed by atoms with van der Waals surface area (Å²) in [5.41, 5.74) is 4.73. The Bertz CT molecular complexity index is 1200. The number of aromatic nitrogens is 1. The van der Waals surface area contributed by atoms with Crippen molar-refractivity contribution < 1.29 is 24.2 Å². The highest BCUT2D eigenvalue weighted by Gasteiger charge is 2.29. The Morgan fingerprint density at radius 1 is 0.971 bits per heavy atom. The number of rotatable bonds is 9. The smallest absolute Gasteiger partial charge is 0.411 e. The molecule has 0 spiro atoms. The largest absolute Gasteiger partial charge is 0.481 e. The van der Waals surface area contributed by atoms with Crippen LogP contribution in [0.5, 0.6) is 0 Å². The number of nitrogens with zero attached hydrogens (tertiary/aromatic N) is 2. The van der Waals surface area contributed by atoms with E-state index in [0.29, 0.717) is 13.0 Å². The summed E-state index contributed by atoms with van der Waals surface area (Å²) in [5, 5.41) is 11.6. The minimum Gasteiger partial charge on any atom is -0.481 e. The van der Waals surface area contributed by atoms with Gasteiger partial charge in [-0.05, 0) is 40.8 Å². The van der Waals surface area contributed by atoms with Crippen LogP contribution >= 0.6 is 0 Å². The lowest BCUT2D eigenvalue weighted by Gasteiger charge is -2.22. The summed E-state index contributed by atoms with van der Waals surface area (Å²) in [5.74, 6) is -1.52. The van der Waals surface area contributed by atoms with E-state index in [-0.39, 0.29) is 36.9 Å². The molecule has 4 rings (SSSR count). The fourth-order valence-electron chi connectivity index (χ4n) is 4.39. The van der Waals surface area contributed by atoms with Gasteiger partial charge in [-0.3, -0.25) is 14.9 Å². The van der Waals surface area contributed by atoms with Crippen LogP contribution < -0.4 is 5.32 Å². The Labute approximate surface area is 203 Å². The second kappa shape index (κ2) is 10.8. The van der Waals surface area contributed by atoms with Crippen molar-refractivity contribution in [3.05, 3.63) is 83.7 Å². The molecule has 0 saturated carbocycles. The van der Waals surface area contributed by atoms with Crippen LogP contribution in [0.1, 0.15) is 47.3 Å². The SMILES string of the molecule is CCCN(CCC(=O)O)C(=O)c1ncccc1NC(=O)OCC1c2ccccc2-c2ccccc21. The standard InChI is InChI=1S/C27H27N3O5/c1-2-15-30(16-13-24(31)32)26(33)25-23(12-7-14-28-25)29-27(34)35-17-22-20-10-5-3-8-18(20)19-9-4-6-11-21(19)22/h3-12,14,22H,2,13,15-17H2,1H3,(H,29,34)(H,31,32). The van der Waals surface area contributed by atoms with Gasteiger partial charge in [0.1, 0.15) is 6.61 Å². The number of ether oxygens (including phenoxy) is 1. The number of amides is 2. The summed E-state index contributed by atoms with van der Waals surface area (Å²) in [6, 6.07) is 19.3. The van der Waals surface area contributed by atoms with Crippen LogP contribution in [-0.4, -0.2) is 52.7 Å². The number of benzene rings is 2. The van der Waals surface area contributed by atoms with E-state index in [1.807, 2.05) is 43.3 Å². The van der Waals surface area contributed by atoms with Gasteiger partial charge in [0.15, 0.2) is 5.69 Å². The first-order chi connectivity index (χ1) is 17.0. The zero-order valence-corrected chi connectivity index (χ0v) is 19.4. The summed E-state index contributed by atoms with van der Waals surface area (Å²) in [6.07, 6.45) is 1.25. The van der Waals surface area contributed by atoms with Gasteiger partial charge in [-0.2, -0.15) is 0 Å². The van der Waals surface area contributed by atoms with Gasteiger partial charge in [0.05, 0.1) is 12.1 Å². The average molecular weight is 474 g/mol. The van der Waals surface area contributed by atoms with Crippen LogP contribution in [0.25, 0.3) is 11.1 Å². The van der Waals surface area contributed by atoms with E-state index >= 15 is 0 Å². The second-order valence-electron chi connectivity index (χ2n) is 8.29. The summed E-state index contributed by atoms with van der Waals surface area (Å²) < 4.78 is 5.58. The predicted octanol–water partition coefficient (Wildman–Crippen LogP) is 4.77. The molecule has 3 aromatic rings. The molecular formula is C27H27N3O5. The van der Waals surface area contributed by atoms with E-state index in [1.165, 1.54) is 11.1 Å². The average Bonchev–Trinajstić information content (AvgIpc) is 3.19. The van der Waals surface area contributed by atoms with Crippen LogP contribution in [0.2, 0.25) is 0 Å². The Morgan fingerprint density at radius 3 is 2.26 bits per heavy atom. The number of hydrogen-bond donors (Lipinski definition) is 2. The van der Waals surface area contributed by atoms with Crippen LogP contribution in [0.4, 0.5) is 10.5 Å². The molecule has 0 fully saturated rings. The predicted molar refractivity (Wildman–Crippen MR) is 131 cm³/mol. The molecule has 1 aromatic heterocycles. The highest BCUT2D eigenvalue weighted by atomic mass is 16.5. The van der Waals surface area contributed by atoms with Crippen LogP contribution in [0, 0.1) is 0 Å². The second-order valence-corrected chi connectivity index (χ2v) is 8.29. The van der Waals surface area contributed by atoms with E-state index in [1.54, 1.807) is 12.1 Å². The van der Waals surface area contributed by atoms with Crippen molar-refractivity contribution in [2.45, 2.75) is 25.7 Å². The van der Waals surface area contributed by atoms with Gasteiger partial charge in [0.25, 0.3) is 5.91 Å². The molecule has 35 heavy (non-hydrogen) atoms. The van der Waals surface area contributed by atoms with E-state index in [4.69, 9.17) is 9.84 Å². The lowest BCUT2D eigenvalue weighted by atomic mass is 9.98. The monoisotopic (exact) mass is 473 g/mol. The van der Waals surface area contributed by atoms with Crippen molar-refractivity contribution >= 4 is 23.7 Å². The number of anilines is 1. The molecule has 8 heteroatoms. The quantitative estimate of drug-likeness (QED) is 0.463. The van der Waals surface area contributed by atoms with Gasteiger partial charge in [-0.15, -0.1) is 0 Å². The van der Waals surface area contributed by atoms with Crippen LogP contribution in [0.3, 0.4) is 0 Å².